The van der Waals surface area contributed by atoms with E-state index in [1.54, 1.807) is 4.57 Å². The van der Waals surface area contributed by atoms with Gasteiger partial charge in [-0.15, -0.1) is 0 Å². The van der Waals surface area contributed by atoms with Crippen LogP contribution in [0.3, 0.4) is 0 Å². The SMILES string of the molecule is Cc1csc(=O)n1CCC(=O)NC[C@@H](C)N(C)c1ccccc1. The first-order chi connectivity index (χ1) is 11.0. The summed E-state index contributed by atoms with van der Waals surface area (Å²) in [5, 5.41) is 4.76. The van der Waals surface area contributed by atoms with Crippen LogP contribution in [-0.4, -0.2) is 30.1 Å². The van der Waals surface area contributed by atoms with E-state index in [1.807, 2.05) is 49.7 Å². The first kappa shape index (κ1) is 17.3. The second-order valence-corrected chi connectivity index (χ2v) is 6.46. The predicted molar refractivity (Wildman–Crippen MR) is 95.2 cm³/mol. The first-order valence-corrected chi connectivity index (χ1v) is 8.56. The van der Waals surface area contributed by atoms with Gasteiger partial charge < -0.3 is 14.8 Å². The molecule has 23 heavy (non-hydrogen) atoms. The Labute approximate surface area is 140 Å². The lowest BCUT2D eigenvalue weighted by Gasteiger charge is -2.27. The van der Waals surface area contributed by atoms with Crippen LogP contribution in [0.5, 0.6) is 0 Å². The van der Waals surface area contributed by atoms with Gasteiger partial charge in [-0.1, -0.05) is 29.5 Å². The van der Waals surface area contributed by atoms with Crippen LogP contribution in [0.2, 0.25) is 0 Å². The molecule has 2 rings (SSSR count). The van der Waals surface area contributed by atoms with Gasteiger partial charge in [0.1, 0.15) is 0 Å². The number of carbonyl (C=O) groups is 1. The molecule has 6 heteroatoms. The van der Waals surface area contributed by atoms with Crippen molar-refractivity contribution in [2.75, 3.05) is 18.5 Å². The van der Waals surface area contributed by atoms with Gasteiger partial charge in [-0.2, -0.15) is 0 Å². The van der Waals surface area contributed by atoms with Crippen molar-refractivity contribution in [1.29, 1.82) is 0 Å². The summed E-state index contributed by atoms with van der Waals surface area (Å²) in [5.41, 5.74) is 2.03. The third kappa shape index (κ3) is 4.69. The number of anilines is 1. The second kappa shape index (κ2) is 7.97. The zero-order valence-electron chi connectivity index (χ0n) is 13.8. The molecule has 0 saturated carbocycles. The summed E-state index contributed by atoms with van der Waals surface area (Å²) in [6.07, 6.45) is 0.319. The summed E-state index contributed by atoms with van der Waals surface area (Å²) in [5.74, 6) is -0.0317. The van der Waals surface area contributed by atoms with Gasteiger partial charge in [-0.05, 0) is 26.0 Å². The number of para-hydroxylation sites is 1. The number of hydrogen-bond donors (Lipinski definition) is 1. The normalized spacial score (nSPS) is 12.0. The molecular weight excluding hydrogens is 310 g/mol. The fourth-order valence-electron chi connectivity index (χ4n) is 2.29. The molecule has 0 fully saturated rings. The minimum absolute atomic E-state index is 0.00696. The maximum absolute atomic E-state index is 12.0. The highest BCUT2D eigenvalue weighted by Crippen LogP contribution is 2.13. The van der Waals surface area contributed by atoms with Crippen LogP contribution < -0.4 is 15.1 Å². The van der Waals surface area contributed by atoms with Crippen molar-refractivity contribution >= 4 is 22.9 Å². The van der Waals surface area contributed by atoms with Crippen LogP contribution in [0.1, 0.15) is 19.0 Å². The lowest BCUT2D eigenvalue weighted by molar-refractivity contribution is -0.121. The fourth-order valence-corrected chi connectivity index (χ4v) is 3.05. The maximum atomic E-state index is 12.0. The van der Waals surface area contributed by atoms with Crippen LogP contribution >= 0.6 is 11.3 Å². The van der Waals surface area contributed by atoms with Gasteiger partial charge in [0.15, 0.2) is 0 Å². The smallest absolute Gasteiger partial charge is 0.307 e. The van der Waals surface area contributed by atoms with Gasteiger partial charge in [0.25, 0.3) is 0 Å². The van der Waals surface area contributed by atoms with E-state index in [2.05, 4.69) is 17.1 Å². The Morgan fingerprint density at radius 1 is 1.35 bits per heavy atom. The molecule has 0 unspecified atom stereocenters. The van der Waals surface area contributed by atoms with Crippen molar-refractivity contribution in [3.05, 3.63) is 51.1 Å². The highest BCUT2D eigenvalue weighted by Gasteiger charge is 2.12. The number of aryl methyl sites for hydroxylation is 1. The van der Waals surface area contributed by atoms with Gasteiger partial charge in [-0.25, -0.2) is 0 Å². The van der Waals surface area contributed by atoms with E-state index < -0.39 is 0 Å². The molecule has 0 aliphatic heterocycles. The third-order valence-corrected chi connectivity index (χ3v) is 4.84. The van der Waals surface area contributed by atoms with Crippen molar-refractivity contribution < 1.29 is 4.79 Å². The molecule has 5 nitrogen and oxygen atoms in total. The van der Waals surface area contributed by atoms with Gasteiger partial charge in [0.2, 0.25) is 5.91 Å². The number of rotatable bonds is 7. The Morgan fingerprint density at radius 3 is 2.65 bits per heavy atom. The molecule has 124 valence electrons. The van der Waals surface area contributed by atoms with Crippen molar-refractivity contribution in [2.45, 2.75) is 32.9 Å². The molecular formula is C17H23N3O2S. The summed E-state index contributed by atoms with van der Waals surface area (Å²) in [6, 6.07) is 10.3. The van der Waals surface area contributed by atoms with Crippen molar-refractivity contribution in [1.82, 2.24) is 9.88 Å². The van der Waals surface area contributed by atoms with Crippen LogP contribution in [0.25, 0.3) is 0 Å². The van der Waals surface area contributed by atoms with Crippen LogP contribution in [0.4, 0.5) is 5.69 Å². The van der Waals surface area contributed by atoms with Crippen molar-refractivity contribution in [2.24, 2.45) is 0 Å². The Hall–Kier alpha value is -2.08. The third-order valence-electron chi connectivity index (χ3n) is 3.96. The van der Waals surface area contributed by atoms with E-state index in [0.717, 1.165) is 11.4 Å². The minimum Gasteiger partial charge on any atom is -0.370 e. The zero-order chi connectivity index (χ0) is 16.8. The predicted octanol–water partition coefficient (Wildman–Crippen LogP) is 2.25. The highest BCUT2D eigenvalue weighted by atomic mass is 32.1. The second-order valence-electron chi connectivity index (χ2n) is 5.64. The number of hydrogen-bond acceptors (Lipinski definition) is 4. The molecule has 0 aliphatic carbocycles. The number of nitrogens with zero attached hydrogens (tertiary/aromatic N) is 2. The molecule has 1 heterocycles. The van der Waals surface area contributed by atoms with Gasteiger partial charge in [0.05, 0.1) is 0 Å². The van der Waals surface area contributed by atoms with Crippen LogP contribution in [0, 0.1) is 6.92 Å². The van der Waals surface area contributed by atoms with E-state index >= 15 is 0 Å². The number of aromatic nitrogens is 1. The average Bonchev–Trinajstić information content (AvgIpc) is 2.89. The van der Waals surface area contributed by atoms with Crippen LogP contribution in [0.15, 0.2) is 40.5 Å². The summed E-state index contributed by atoms with van der Waals surface area (Å²) in [4.78, 5) is 25.7. The fraction of sp³-hybridized carbons (Fsp3) is 0.412. The van der Waals surface area contributed by atoms with Gasteiger partial charge >= 0.3 is 4.87 Å². The molecule has 0 aliphatic rings. The zero-order valence-corrected chi connectivity index (χ0v) is 14.6. The van der Waals surface area contributed by atoms with E-state index in [1.165, 1.54) is 11.3 Å². The number of thiazole rings is 1. The first-order valence-electron chi connectivity index (χ1n) is 7.68. The van der Waals surface area contributed by atoms with E-state index in [-0.39, 0.29) is 16.8 Å². The molecule has 1 aromatic carbocycles. The average molecular weight is 333 g/mol. The monoisotopic (exact) mass is 333 g/mol. The molecule has 2 aromatic rings. The maximum Gasteiger partial charge on any atom is 0.307 e. The minimum atomic E-state index is -0.0317. The summed E-state index contributed by atoms with van der Waals surface area (Å²) in [7, 11) is 2.01. The molecule has 1 aromatic heterocycles. The number of nitrogens with one attached hydrogen (secondary N) is 1. The molecule has 1 atom stereocenters. The summed E-state index contributed by atoms with van der Waals surface area (Å²) >= 11 is 1.17. The summed E-state index contributed by atoms with van der Waals surface area (Å²) < 4.78 is 1.64. The van der Waals surface area contributed by atoms with Crippen LogP contribution in [-0.2, 0) is 11.3 Å². The molecule has 0 bridgehead atoms. The van der Waals surface area contributed by atoms with E-state index in [0.29, 0.717) is 19.5 Å². The molecule has 1 amide bonds. The number of amides is 1. The van der Waals surface area contributed by atoms with Gasteiger partial charge in [-0.3, -0.25) is 9.59 Å². The molecule has 0 spiro atoms. The Bertz CT molecular complexity index is 693. The Kier molecular flexibility index (Phi) is 5.98. The Balaban J connectivity index is 1.79. The molecule has 0 saturated heterocycles. The summed E-state index contributed by atoms with van der Waals surface area (Å²) in [6.45, 7) is 4.96. The quantitative estimate of drug-likeness (QED) is 0.845. The lowest BCUT2D eigenvalue weighted by Crippen LogP contribution is -2.40. The van der Waals surface area contributed by atoms with E-state index in [9.17, 15) is 9.59 Å². The van der Waals surface area contributed by atoms with E-state index in [4.69, 9.17) is 0 Å². The van der Waals surface area contributed by atoms with Crippen molar-refractivity contribution in [3.63, 3.8) is 0 Å². The molecule has 1 N–H and O–H groups in total. The van der Waals surface area contributed by atoms with Gasteiger partial charge in [0, 0.05) is 49.4 Å². The number of likely N-dealkylation sites (N-methyl/N-ethyl adjacent to an activating group) is 1. The number of benzene rings is 1. The standard InChI is InChI=1S/C17H23N3O2S/c1-13(19(3)15-7-5-4-6-8-15)11-18-16(21)9-10-20-14(2)12-23-17(20)22/h4-8,12-13H,9-11H2,1-3H3,(H,18,21)/t13-/m1/s1. The highest BCUT2D eigenvalue weighted by molar-refractivity contribution is 7.07. The largest absolute Gasteiger partial charge is 0.370 e. The van der Waals surface area contributed by atoms with Crippen molar-refractivity contribution in [3.8, 4) is 0 Å². The molecule has 0 radical (unpaired) electrons. The Morgan fingerprint density at radius 2 is 2.04 bits per heavy atom. The lowest BCUT2D eigenvalue weighted by atomic mass is 10.2. The number of carbonyl (C=O) groups excluding carboxylic acids is 1. The topological polar surface area (TPSA) is 54.3 Å².